The smallest absolute Gasteiger partial charge is 0.0896 e. The normalized spacial score (nSPS) is 19.7. The lowest BCUT2D eigenvalue weighted by molar-refractivity contribution is -0.0169. The molecular weight excluding hydrogens is 268 g/mol. The van der Waals surface area contributed by atoms with Gasteiger partial charge in [-0.3, -0.25) is 0 Å². The summed E-state index contributed by atoms with van der Waals surface area (Å²) < 4.78 is 5.53. The van der Waals surface area contributed by atoms with Crippen LogP contribution in [0.4, 0.5) is 0 Å². The van der Waals surface area contributed by atoms with Crippen LogP contribution in [0.15, 0.2) is 41.8 Å². The van der Waals surface area contributed by atoms with Crippen molar-refractivity contribution in [2.75, 3.05) is 13.2 Å². The lowest BCUT2D eigenvalue weighted by atomic mass is 9.68. The summed E-state index contributed by atoms with van der Waals surface area (Å²) >= 11 is 1.70. The molecule has 2 nitrogen and oxygen atoms in total. The molecule has 0 spiro atoms. The van der Waals surface area contributed by atoms with Gasteiger partial charge in [-0.25, -0.2) is 0 Å². The molecule has 0 saturated carbocycles. The molecule has 0 bridgehead atoms. The molecule has 1 aliphatic heterocycles. The zero-order chi connectivity index (χ0) is 14.0. The van der Waals surface area contributed by atoms with E-state index in [1.807, 2.05) is 6.07 Å². The van der Waals surface area contributed by atoms with Gasteiger partial charge in [0.1, 0.15) is 0 Å². The predicted octanol–water partition coefficient (Wildman–Crippen LogP) is 3.84. The summed E-state index contributed by atoms with van der Waals surface area (Å²) in [4.78, 5) is 1.24. The van der Waals surface area contributed by atoms with Gasteiger partial charge in [-0.05, 0) is 42.3 Å². The first-order valence-corrected chi connectivity index (χ1v) is 7.97. The molecule has 106 valence electrons. The van der Waals surface area contributed by atoms with E-state index in [4.69, 9.17) is 4.74 Å². The molecule has 2 aromatic rings. The fourth-order valence-electron chi connectivity index (χ4n) is 3.15. The SMILES string of the molecule is Cc1cc(C(O)C2(c3ccccc3)CCOCC2)cs1. The number of aliphatic hydroxyl groups excluding tert-OH is 1. The molecule has 0 aliphatic carbocycles. The standard InChI is InChI=1S/C17H20O2S/c1-13-11-14(12-20-13)16(18)17(7-9-19-10-8-17)15-5-3-2-4-6-15/h2-6,11-12,16,18H,7-10H2,1H3. The average Bonchev–Trinajstić information content (AvgIpc) is 2.94. The largest absolute Gasteiger partial charge is 0.387 e. The first kappa shape index (κ1) is 13.8. The van der Waals surface area contributed by atoms with Crippen LogP contribution in [0.3, 0.4) is 0 Å². The van der Waals surface area contributed by atoms with E-state index in [-0.39, 0.29) is 5.41 Å². The summed E-state index contributed by atoms with van der Waals surface area (Å²) in [7, 11) is 0. The Morgan fingerprint density at radius 1 is 1.20 bits per heavy atom. The molecule has 3 rings (SSSR count). The number of hydrogen-bond acceptors (Lipinski definition) is 3. The van der Waals surface area contributed by atoms with Crippen LogP contribution >= 0.6 is 11.3 Å². The van der Waals surface area contributed by atoms with E-state index >= 15 is 0 Å². The third kappa shape index (κ3) is 2.41. The summed E-state index contributed by atoms with van der Waals surface area (Å²) in [6.07, 6.45) is 1.28. The van der Waals surface area contributed by atoms with Crippen molar-refractivity contribution in [3.8, 4) is 0 Å². The van der Waals surface area contributed by atoms with Crippen molar-refractivity contribution in [3.05, 3.63) is 57.8 Å². The molecule has 1 unspecified atom stereocenters. The number of aliphatic hydroxyl groups is 1. The van der Waals surface area contributed by atoms with Crippen molar-refractivity contribution < 1.29 is 9.84 Å². The quantitative estimate of drug-likeness (QED) is 0.930. The number of hydrogen-bond donors (Lipinski definition) is 1. The molecule has 1 fully saturated rings. The first-order chi connectivity index (χ1) is 9.72. The van der Waals surface area contributed by atoms with Gasteiger partial charge in [0, 0.05) is 23.5 Å². The summed E-state index contributed by atoms with van der Waals surface area (Å²) in [5.41, 5.74) is 2.05. The van der Waals surface area contributed by atoms with Gasteiger partial charge in [0.05, 0.1) is 6.10 Å². The molecule has 1 aromatic carbocycles. The van der Waals surface area contributed by atoms with Crippen molar-refractivity contribution in [1.29, 1.82) is 0 Å². The second-order valence-corrected chi connectivity index (χ2v) is 6.64. The molecular formula is C17H20O2S. The number of rotatable bonds is 3. The highest BCUT2D eigenvalue weighted by atomic mass is 32.1. The van der Waals surface area contributed by atoms with E-state index in [1.165, 1.54) is 10.4 Å². The minimum Gasteiger partial charge on any atom is -0.387 e. The molecule has 1 aromatic heterocycles. The number of ether oxygens (including phenoxy) is 1. The third-order valence-corrected chi connectivity index (χ3v) is 5.20. The zero-order valence-electron chi connectivity index (χ0n) is 11.7. The zero-order valence-corrected chi connectivity index (χ0v) is 12.5. The van der Waals surface area contributed by atoms with Gasteiger partial charge in [-0.2, -0.15) is 0 Å². The maximum atomic E-state index is 11.0. The Morgan fingerprint density at radius 2 is 1.90 bits per heavy atom. The minimum atomic E-state index is -0.459. The topological polar surface area (TPSA) is 29.5 Å². The lowest BCUT2D eigenvalue weighted by Gasteiger charge is -2.41. The van der Waals surface area contributed by atoms with E-state index in [0.717, 1.165) is 31.6 Å². The third-order valence-electron chi connectivity index (χ3n) is 4.32. The molecule has 0 radical (unpaired) electrons. The van der Waals surface area contributed by atoms with E-state index in [0.29, 0.717) is 0 Å². The van der Waals surface area contributed by atoms with Crippen molar-refractivity contribution in [2.45, 2.75) is 31.3 Å². The van der Waals surface area contributed by atoms with Gasteiger partial charge < -0.3 is 9.84 Å². The highest BCUT2D eigenvalue weighted by Crippen LogP contribution is 2.45. The van der Waals surface area contributed by atoms with Gasteiger partial charge in [-0.15, -0.1) is 11.3 Å². The van der Waals surface area contributed by atoms with E-state index in [2.05, 4.69) is 42.6 Å². The average molecular weight is 288 g/mol. The Kier molecular flexibility index (Phi) is 3.92. The lowest BCUT2D eigenvalue weighted by Crippen LogP contribution is -2.39. The number of benzene rings is 1. The van der Waals surface area contributed by atoms with E-state index < -0.39 is 6.10 Å². The van der Waals surface area contributed by atoms with E-state index in [1.54, 1.807) is 11.3 Å². The highest BCUT2D eigenvalue weighted by molar-refractivity contribution is 7.10. The molecule has 2 heterocycles. The van der Waals surface area contributed by atoms with E-state index in [9.17, 15) is 5.11 Å². The minimum absolute atomic E-state index is 0.215. The van der Waals surface area contributed by atoms with Crippen LogP contribution in [0.25, 0.3) is 0 Å². The molecule has 1 atom stereocenters. The Hall–Kier alpha value is -1.16. The molecule has 0 amide bonds. The first-order valence-electron chi connectivity index (χ1n) is 7.09. The fourth-order valence-corrected chi connectivity index (χ4v) is 3.87. The summed E-state index contributed by atoms with van der Waals surface area (Å²) in [6.45, 7) is 3.52. The monoisotopic (exact) mass is 288 g/mol. The van der Waals surface area contributed by atoms with Gasteiger partial charge in [-0.1, -0.05) is 30.3 Å². The van der Waals surface area contributed by atoms with Gasteiger partial charge >= 0.3 is 0 Å². The van der Waals surface area contributed by atoms with Gasteiger partial charge in [0.15, 0.2) is 0 Å². The van der Waals surface area contributed by atoms with Crippen LogP contribution in [-0.4, -0.2) is 18.3 Å². The van der Waals surface area contributed by atoms with Crippen molar-refractivity contribution >= 4 is 11.3 Å². The van der Waals surface area contributed by atoms with Crippen LogP contribution < -0.4 is 0 Å². The van der Waals surface area contributed by atoms with Crippen LogP contribution in [0, 0.1) is 6.92 Å². The van der Waals surface area contributed by atoms with Crippen molar-refractivity contribution in [1.82, 2.24) is 0 Å². The van der Waals surface area contributed by atoms with Crippen molar-refractivity contribution in [2.24, 2.45) is 0 Å². The Morgan fingerprint density at radius 3 is 2.50 bits per heavy atom. The molecule has 1 saturated heterocycles. The van der Waals surface area contributed by atoms with Crippen molar-refractivity contribution in [3.63, 3.8) is 0 Å². The Balaban J connectivity index is 2.01. The van der Waals surface area contributed by atoms with Crippen LogP contribution in [0.1, 0.15) is 34.9 Å². The predicted molar refractivity (Wildman–Crippen MR) is 82.2 cm³/mol. The van der Waals surface area contributed by atoms with Gasteiger partial charge in [0.2, 0.25) is 0 Å². The molecule has 1 aliphatic rings. The second-order valence-electron chi connectivity index (χ2n) is 5.53. The maximum Gasteiger partial charge on any atom is 0.0896 e. The van der Waals surface area contributed by atoms with Crippen LogP contribution in [-0.2, 0) is 10.2 Å². The molecule has 3 heteroatoms. The summed E-state index contributed by atoms with van der Waals surface area (Å²) in [6, 6.07) is 12.5. The molecule has 1 N–H and O–H groups in total. The summed E-state index contributed by atoms with van der Waals surface area (Å²) in [5, 5.41) is 13.1. The fraction of sp³-hybridized carbons (Fsp3) is 0.412. The molecule has 20 heavy (non-hydrogen) atoms. The number of aryl methyl sites for hydroxylation is 1. The number of thiophene rings is 1. The highest BCUT2D eigenvalue weighted by Gasteiger charge is 2.42. The van der Waals surface area contributed by atoms with Crippen LogP contribution in [0.2, 0.25) is 0 Å². The summed E-state index contributed by atoms with van der Waals surface area (Å²) in [5.74, 6) is 0. The van der Waals surface area contributed by atoms with Gasteiger partial charge in [0.25, 0.3) is 0 Å². The maximum absolute atomic E-state index is 11.0. The van der Waals surface area contributed by atoms with Crippen LogP contribution in [0.5, 0.6) is 0 Å². The Labute approximate surface area is 124 Å². The second kappa shape index (κ2) is 5.68. The Bertz CT molecular complexity index is 555.